The van der Waals surface area contributed by atoms with Gasteiger partial charge < -0.3 is 20.4 Å². The number of rotatable bonds is 6. The first-order valence-corrected chi connectivity index (χ1v) is 10.5. The van der Waals surface area contributed by atoms with E-state index in [1.54, 1.807) is 19.0 Å². The number of hydrogen-bond donors (Lipinski definition) is 2. The molecule has 6 nitrogen and oxygen atoms in total. The van der Waals surface area contributed by atoms with Crippen molar-refractivity contribution in [3.8, 4) is 0 Å². The molecule has 1 saturated carbocycles. The summed E-state index contributed by atoms with van der Waals surface area (Å²) >= 11 is 3.46. The van der Waals surface area contributed by atoms with Gasteiger partial charge in [0.2, 0.25) is 5.91 Å². The van der Waals surface area contributed by atoms with Crippen LogP contribution < -0.4 is 10.6 Å². The molecule has 1 heterocycles. The van der Waals surface area contributed by atoms with Gasteiger partial charge in [0.15, 0.2) is 5.96 Å². The zero-order chi connectivity index (χ0) is 19.2. The number of aliphatic imine (C=N–C) groups is 1. The number of carbonyl (C=O) groups is 1. The predicted octanol–water partition coefficient (Wildman–Crippen LogP) is 2.82. The molecule has 2 aliphatic rings. The lowest BCUT2D eigenvalue weighted by Crippen LogP contribution is -2.50. The predicted molar refractivity (Wildman–Crippen MR) is 128 cm³/mol. The van der Waals surface area contributed by atoms with E-state index in [2.05, 4.69) is 43.6 Å². The van der Waals surface area contributed by atoms with Crippen LogP contribution in [0.25, 0.3) is 0 Å². The largest absolute Gasteiger partial charge is 0.354 e. The number of piperidine rings is 1. The first-order valence-electron chi connectivity index (χ1n) is 9.75. The van der Waals surface area contributed by atoms with Crippen LogP contribution in [0.4, 0.5) is 0 Å². The van der Waals surface area contributed by atoms with Gasteiger partial charge in [0, 0.05) is 43.7 Å². The molecule has 2 fully saturated rings. The van der Waals surface area contributed by atoms with Crippen LogP contribution in [0.15, 0.2) is 33.7 Å². The molecule has 1 aliphatic carbocycles. The third-order valence-electron chi connectivity index (χ3n) is 5.17. The smallest absolute Gasteiger partial charge is 0.241 e. The van der Waals surface area contributed by atoms with Crippen molar-refractivity contribution in [3.63, 3.8) is 0 Å². The number of likely N-dealkylation sites (N-methyl/N-ethyl adjacent to an activating group) is 1. The van der Waals surface area contributed by atoms with E-state index in [-0.39, 0.29) is 36.4 Å². The lowest BCUT2D eigenvalue weighted by Gasteiger charge is -2.33. The number of nitrogens with zero attached hydrogens (tertiary/aromatic N) is 3. The maximum atomic E-state index is 11.9. The highest BCUT2D eigenvalue weighted by molar-refractivity contribution is 14.0. The van der Waals surface area contributed by atoms with Crippen LogP contribution in [0, 0.1) is 0 Å². The normalized spacial score (nSPS) is 18.3. The average Bonchev–Trinajstić information content (AvgIpc) is 3.50. The van der Waals surface area contributed by atoms with Crippen molar-refractivity contribution in [2.24, 2.45) is 4.99 Å². The van der Waals surface area contributed by atoms with Gasteiger partial charge in [0.1, 0.15) is 0 Å². The van der Waals surface area contributed by atoms with Crippen molar-refractivity contribution in [3.05, 3.63) is 34.3 Å². The molecule has 0 atom stereocenters. The number of guanidine groups is 1. The van der Waals surface area contributed by atoms with Gasteiger partial charge in [-0.2, -0.15) is 0 Å². The van der Waals surface area contributed by atoms with Crippen LogP contribution in [-0.2, 0) is 11.3 Å². The summed E-state index contributed by atoms with van der Waals surface area (Å²) < 4.78 is 1.06. The summed E-state index contributed by atoms with van der Waals surface area (Å²) in [6, 6.07) is 9.41. The maximum Gasteiger partial charge on any atom is 0.241 e. The Hall–Kier alpha value is -0.870. The minimum absolute atomic E-state index is 0. The third kappa shape index (κ3) is 7.51. The molecular weight excluding hydrogens is 533 g/mol. The van der Waals surface area contributed by atoms with Gasteiger partial charge in [-0.05, 0) is 43.4 Å². The average molecular weight is 564 g/mol. The van der Waals surface area contributed by atoms with E-state index in [0.717, 1.165) is 48.0 Å². The molecule has 0 spiro atoms. The van der Waals surface area contributed by atoms with Crippen molar-refractivity contribution in [2.75, 3.05) is 33.7 Å². The fraction of sp³-hybridized carbons (Fsp3) is 0.600. The van der Waals surface area contributed by atoms with Crippen LogP contribution in [0.1, 0.15) is 31.2 Å². The molecule has 1 aromatic rings. The zero-order valence-electron chi connectivity index (χ0n) is 16.7. The minimum Gasteiger partial charge on any atom is -0.354 e. The number of hydrogen-bond acceptors (Lipinski definition) is 3. The van der Waals surface area contributed by atoms with Crippen LogP contribution >= 0.6 is 39.9 Å². The number of nitrogens with one attached hydrogen (secondary N) is 2. The number of amides is 1. The molecule has 1 aliphatic heterocycles. The zero-order valence-corrected chi connectivity index (χ0v) is 20.6. The Morgan fingerprint density at radius 3 is 2.39 bits per heavy atom. The quantitative estimate of drug-likeness (QED) is 0.317. The molecule has 2 N–H and O–H groups in total. The van der Waals surface area contributed by atoms with Crippen molar-refractivity contribution in [1.82, 2.24) is 20.4 Å². The Bertz CT molecular complexity index is 655. The topological polar surface area (TPSA) is 60.0 Å². The molecule has 8 heteroatoms. The monoisotopic (exact) mass is 563 g/mol. The Labute approximate surface area is 193 Å². The summed E-state index contributed by atoms with van der Waals surface area (Å²) in [5.41, 5.74) is 1.14. The van der Waals surface area contributed by atoms with Crippen molar-refractivity contribution in [2.45, 2.75) is 44.3 Å². The highest BCUT2D eigenvalue weighted by atomic mass is 127. The second-order valence-electron chi connectivity index (χ2n) is 7.62. The minimum atomic E-state index is 0. The Kier molecular flexibility index (Phi) is 9.49. The fourth-order valence-corrected chi connectivity index (χ4v) is 3.54. The second-order valence-corrected chi connectivity index (χ2v) is 8.53. The van der Waals surface area contributed by atoms with Gasteiger partial charge in [-0.3, -0.25) is 4.79 Å². The van der Waals surface area contributed by atoms with Crippen LogP contribution in [0.2, 0.25) is 0 Å². The Morgan fingerprint density at radius 1 is 1.18 bits per heavy atom. The highest BCUT2D eigenvalue weighted by Crippen LogP contribution is 2.29. The van der Waals surface area contributed by atoms with Gasteiger partial charge in [-0.15, -0.1) is 24.0 Å². The van der Waals surface area contributed by atoms with Gasteiger partial charge in [0.05, 0.1) is 13.1 Å². The standard InChI is InChI=1S/C20H30BrN5O.HI/c1-25(2)19(27)14-23-20(22-13-15-3-5-16(21)6-4-15)24-17-9-11-26(12-10-17)18-7-8-18;/h3-6,17-18H,7-14H2,1-2H3,(H2,22,23,24);1H. The molecule has 3 rings (SSSR count). The summed E-state index contributed by atoms with van der Waals surface area (Å²) in [7, 11) is 3.54. The van der Waals surface area contributed by atoms with Gasteiger partial charge in [0.25, 0.3) is 0 Å². The molecule has 1 saturated heterocycles. The van der Waals surface area contributed by atoms with E-state index in [4.69, 9.17) is 4.99 Å². The lowest BCUT2D eigenvalue weighted by atomic mass is 10.1. The van der Waals surface area contributed by atoms with Gasteiger partial charge in [-0.25, -0.2) is 4.99 Å². The van der Waals surface area contributed by atoms with Crippen molar-refractivity contribution in [1.29, 1.82) is 0 Å². The molecule has 0 aromatic heterocycles. The second kappa shape index (κ2) is 11.3. The summed E-state index contributed by atoms with van der Waals surface area (Å²) in [5, 5.41) is 6.74. The summed E-state index contributed by atoms with van der Waals surface area (Å²) in [6.07, 6.45) is 4.98. The van der Waals surface area contributed by atoms with Crippen LogP contribution in [0.5, 0.6) is 0 Å². The third-order valence-corrected chi connectivity index (χ3v) is 5.70. The summed E-state index contributed by atoms with van der Waals surface area (Å²) in [4.78, 5) is 20.9. The van der Waals surface area contributed by atoms with Crippen LogP contribution in [0.3, 0.4) is 0 Å². The van der Waals surface area contributed by atoms with Crippen molar-refractivity contribution < 1.29 is 4.79 Å². The lowest BCUT2D eigenvalue weighted by molar-refractivity contribution is -0.127. The van der Waals surface area contributed by atoms with E-state index in [0.29, 0.717) is 12.6 Å². The van der Waals surface area contributed by atoms with E-state index in [1.165, 1.54) is 12.8 Å². The molecule has 1 aromatic carbocycles. The van der Waals surface area contributed by atoms with Crippen molar-refractivity contribution >= 4 is 51.8 Å². The fourth-order valence-electron chi connectivity index (χ4n) is 3.27. The van der Waals surface area contributed by atoms with Gasteiger partial charge >= 0.3 is 0 Å². The van der Waals surface area contributed by atoms with E-state index >= 15 is 0 Å². The van der Waals surface area contributed by atoms with E-state index in [1.807, 2.05) is 12.1 Å². The summed E-state index contributed by atoms with van der Waals surface area (Å²) in [6.45, 7) is 3.14. The first-order chi connectivity index (χ1) is 13.0. The number of benzene rings is 1. The molecule has 28 heavy (non-hydrogen) atoms. The first kappa shape index (κ1) is 23.4. The van der Waals surface area contributed by atoms with E-state index < -0.39 is 0 Å². The molecule has 0 radical (unpaired) electrons. The number of halogens is 2. The molecular formula is C20H31BrIN5O. The maximum absolute atomic E-state index is 11.9. The highest BCUT2D eigenvalue weighted by Gasteiger charge is 2.31. The molecule has 0 unspecified atom stereocenters. The number of likely N-dealkylation sites (tertiary alicyclic amines) is 1. The molecule has 1 amide bonds. The summed E-state index contributed by atoms with van der Waals surface area (Å²) in [5.74, 6) is 0.759. The Morgan fingerprint density at radius 2 is 1.82 bits per heavy atom. The molecule has 0 bridgehead atoms. The van der Waals surface area contributed by atoms with Crippen LogP contribution in [-0.4, -0.2) is 67.5 Å². The van der Waals surface area contributed by atoms with Gasteiger partial charge in [-0.1, -0.05) is 28.1 Å². The molecule has 156 valence electrons. The SMILES string of the molecule is CN(C)C(=O)CNC(=NCc1ccc(Br)cc1)NC1CCN(C2CC2)CC1.I. The van der Waals surface area contributed by atoms with E-state index in [9.17, 15) is 4.79 Å². The number of carbonyl (C=O) groups excluding carboxylic acids is 1. The Balaban J connectivity index is 0.00000280.